The Labute approximate surface area is 118 Å². The molecular formula is C16H17ClFN. The van der Waals surface area contributed by atoms with Crippen LogP contribution in [-0.2, 0) is 6.54 Å². The second-order valence-electron chi connectivity index (χ2n) is 4.46. The molecule has 0 aliphatic rings. The number of rotatable bonds is 5. The van der Waals surface area contributed by atoms with Crippen molar-refractivity contribution in [1.82, 2.24) is 5.32 Å². The minimum atomic E-state index is -0.207. The van der Waals surface area contributed by atoms with Gasteiger partial charge >= 0.3 is 0 Å². The molecule has 0 bridgehead atoms. The van der Waals surface area contributed by atoms with Crippen LogP contribution in [0.4, 0.5) is 4.39 Å². The van der Waals surface area contributed by atoms with Crippen molar-refractivity contribution in [3.8, 4) is 11.1 Å². The Kier molecular flexibility index (Phi) is 4.94. The molecule has 0 spiro atoms. The van der Waals surface area contributed by atoms with Crippen LogP contribution in [-0.4, -0.2) is 6.54 Å². The van der Waals surface area contributed by atoms with Crippen LogP contribution in [0.2, 0.25) is 5.02 Å². The van der Waals surface area contributed by atoms with Crippen LogP contribution < -0.4 is 5.32 Å². The lowest BCUT2D eigenvalue weighted by atomic mass is 9.99. The second kappa shape index (κ2) is 6.69. The summed E-state index contributed by atoms with van der Waals surface area (Å²) in [6.07, 6.45) is 1.07. The molecule has 0 atom stereocenters. The Balaban J connectivity index is 2.36. The fourth-order valence-corrected chi connectivity index (χ4v) is 2.25. The van der Waals surface area contributed by atoms with Crippen molar-refractivity contribution in [1.29, 1.82) is 0 Å². The molecule has 1 nitrogen and oxygen atoms in total. The molecule has 0 unspecified atom stereocenters. The first-order valence-corrected chi connectivity index (χ1v) is 6.84. The summed E-state index contributed by atoms with van der Waals surface area (Å²) in [5, 5.41) is 4.00. The van der Waals surface area contributed by atoms with Gasteiger partial charge in [-0.2, -0.15) is 0 Å². The molecule has 2 rings (SSSR count). The van der Waals surface area contributed by atoms with Gasteiger partial charge in [0.2, 0.25) is 0 Å². The number of benzene rings is 2. The summed E-state index contributed by atoms with van der Waals surface area (Å²) in [4.78, 5) is 0. The first-order chi connectivity index (χ1) is 9.22. The lowest BCUT2D eigenvalue weighted by molar-refractivity contribution is 0.630. The van der Waals surface area contributed by atoms with E-state index >= 15 is 0 Å². The quantitative estimate of drug-likeness (QED) is 0.785. The number of halogens is 2. The highest BCUT2D eigenvalue weighted by Crippen LogP contribution is 2.28. The maximum absolute atomic E-state index is 13.9. The smallest absolute Gasteiger partial charge is 0.131 e. The summed E-state index contributed by atoms with van der Waals surface area (Å²) in [5.41, 5.74) is 2.53. The first-order valence-electron chi connectivity index (χ1n) is 6.46. The van der Waals surface area contributed by atoms with Crippen molar-refractivity contribution >= 4 is 11.6 Å². The molecule has 0 saturated carbocycles. The van der Waals surface area contributed by atoms with E-state index in [0.29, 0.717) is 17.1 Å². The summed E-state index contributed by atoms with van der Waals surface area (Å²) in [6, 6.07) is 12.4. The van der Waals surface area contributed by atoms with Gasteiger partial charge in [-0.05, 0) is 42.3 Å². The highest BCUT2D eigenvalue weighted by Gasteiger charge is 2.09. The van der Waals surface area contributed by atoms with Gasteiger partial charge in [-0.15, -0.1) is 0 Å². The Bertz CT molecular complexity index is 554. The zero-order chi connectivity index (χ0) is 13.7. The van der Waals surface area contributed by atoms with Gasteiger partial charge in [-0.3, -0.25) is 0 Å². The monoisotopic (exact) mass is 277 g/mol. The van der Waals surface area contributed by atoms with E-state index < -0.39 is 0 Å². The standard InChI is InChI=1S/C16H17ClFN/c1-2-9-19-11-12-10-13(17)7-8-14(12)15-5-3-4-6-16(15)18/h3-8,10,19H,2,9,11H2,1H3. The third kappa shape index (κ3) is 3.55. The zero-order valence-corrected chi connectivity index (χ0v) is 11.7. The van der Waals surface area contributed by atoms with Crippen molar-refractivity contribution in [3.05, 3.63) is 58.9 Å². The summed E-state index contributed by atoms with van der Waals surface area (Å²) >= 11 is 6.04. The number of hydrogen-bond acceptors (Lipinski definition) is 1. The minimum absolute atomic E-state index is 0.207. The largest absolute Gasteiger partial charge is 0.313 e. The summed E-state index contributed by atoms with van der Waals surface area (Å²) < 4.78 is 13.9. The number of hydrogen-bond donors (Lipinski definition) is 1. The van der Waals surface area contributed by atoms with Gasteiger partial charge in [0.25, 0.3) is 0 Å². The predicted molar refractivity (Wildman–Crippen MR) is 78.8 cm³/mol. The highest BCUT2D eigenvalue weighted by molar-refractivity contribution is 6.30. The Morgan fingerprint density at radius 2 is 1.89 bits per heavy atom. The van der Waals surface area contributed by atoms with Crippen molar-refractivity contribution < 1.29 is 4.39 Å². The maximum Gasteiger partial charge on any atom is 0.131 e. The Morgan fingerprint density at radius 1 is 1.11 bits per heavy atom. The molecule has 0 radical (unpaired) electrons. The van der Waals surface area contributed by atoms with Crippen molar-refractivity contribution in [2.24, 2.45) is 0 Å². The molecular weight excluding hydrogens is 261 g/mol. The van der Waals surface area contributed by atoms with Crippen LogP contribution in [0.3, 0.4) is 0 Å². The predicted octanol–water partition coefficient (Wildman–Crippen LogP) is 4.65. The van der Waals surface area contributed by atoms with E-state index in [1.165, 1.54) is 6.07 Å². The maximum atomic E-state index is 13.9. The van der Waals surface area contributed by atoms with E-state index in [1.54, 1.807) is 18.2 Å². The van der Waals surface area contributed by atoms with E-state index in [-0.39, 0.29) is 5.82 Å². The van der Waals surface area contributed by atoms with Crippen molar-refractivity contribution in [2.45, 2.75) is 19.9 Å². The molecule has 2 aromatic carbocycles. The molecule has 19 heavy (non-hydrogen) atoms. The number of nitrogens with one attached hydrogen (secondary N) is 1. The van der Waals surface area contributed by atoms with Crippen molar-refractivity contribution in [3.63, 3.8) is 0 Å². The van der Waals surface area contributed by atoms with E-state index in [4.69, 9.17) is 11.6 Å². The topological polar surface area (TPSA) is 12.0 Å². The molecule has 0 fully saturated rings. The Morgan fingerprint density at radius 3 is 2.63 bits per heavy atom. The average molecular weight is 278 g/mol. The molecule has 3 heteroatoms. The highest BCUT2D eigenvalue weighted by atomic mass is 35.5. The van der Waals surface area contributed by atoms with Crippen LogP contribution in [0.1, 0.15) is 18.9 Å². The van der Waals surface area contributed by atoms with Crippen LogP contribution >= 0.6 is 11.6 Å². The van der Waals surface area contributed by atoms with Crippen LogP contribution in [0, 0.1) is 5.82 Å². The molecule has 0 aliphatic carbocycles. The fourth-order valence-electron chi connectivity index (χ4n) is 2.05. The van der Waals surface area contributed by atoms with E-state index in [0.717, 1.165) is 24.1 Å². The molecule has 100 valence electrons. The SMILES string of the molecule is CCCNCc1cc(Cl)ccc1-c1ccccc1F. The molecule has 2 aromatic rings. The van der Waals surface area contributed by atoms with E-state index in [2.05, 4.69) is 12.2 Å². The molecule has 0 amide bonds. The van der Waals surface area contributed by atoms with Gasteiger partial charge in [-0.25, -0.2) is 4.39 Å². The second-order valence-corrected chi connectivity index (χ2v) is 4.89. The van der Waals surface area contributed by atoms with Gasteiger partial charge in [0.1, 0.15) is 5.82 Å². The zero-order valence-electron chi connectivity index (χ0n) is 10.9. The lowest BCUT2D eigenvalue weighted by Gasteiger charge is -2.12. The molecule has 1 N–H and O–H groups in total. The van der Waals surface area contributed by atoms with Gasteiger partial charge < -0.3 is 5.32 Å². The lowest BCUT2D eigenvalue weighted by Crippen LogP contribution is -2.14. The van der Waals surface area contributed by atoms with Crippen LogP contribution in [0.25, 0.3) is 11.1 Å². The fraction of sp³-hybridized carbons (Fsp3) is 0.250. The van der Waals surface area contributed by atoms with Gasteiger partial charge in [0.15, 0.2) is 0 Å². The van der Waals surface area contributed by atoms with E-state index in [1.807, 2.05) is 18.2 Å². The van der Waals surface area contributed by atoms with Gasteiger partial charge in [0, 0.05) is 17.1 Å². The van der Waals surface area contributed by atoms with E-state index in [9.17, 15) is 4.39 Å². The van der Waals surface area contributed by atoms with Gasteiger partial charge in [0.05, 0.1) is 0 Å². The molecule has 0 saturated heterocycles. The van der Waals surface area contributed by atoms with Crippen LogP contribution in [0.5, 0.6) is 0 Å². The van der Waals surface area contributed by atoms with Crippen LogP contribution in [0.15, 0.2) is 42.5 Å². The minimum Gasteiger partial charge on any atom is -0.313 e. The first kappa shape index (κ1) is 14.0. The summed E-state index contributed by atoms with van der Waals surface area (Å²) in [5.74, 6) is -0.207. The molecule has 0 aromatic heterocycles. The Hall–Kier alpha value is -1.38. The molecule has 0 aliphatic heterocycles. The summed E-state index contributed by atoms with van der Waals surface area (Å²) in [7, 11) is 0. The normalized spacial score (nSPS) is 10.7. The third-order valence-corrected chi connectivity index (χ3v) is 3.21. The third-order valence-electron chi connectivity index (χ3n) is 2.97. The van der Waals surface area contributed by atoms with Crippen molar-refractivity contribution in [2.75, 3.05) is 6.54 Å². The van der Waals surface area contributed by atoms with Gasteiger partial charge in [-0.1, -0.05) is 42.8 Å². The summed E-state index contributed by atoms with van der Waals surface area (Å²) in [6.45, 7) is 3.74. The average Bonchev–Trinajstić information content (AvgIpc) is 2.40. The molecule has 0 heterocycles.